The number of aliphatic hydroxyl groups excluding tert-OH is 1. The molecule has 0 spiro atoms. The Hall–Kier alpha value is -0.290. The smallest absolute Gasteiger partial charge is 0.389 e. The van der Waals surface area contributed by atoms with Crippen LogP contribution in [0, 0.1) is 5.41 Å². The molecule has 0 saturated carbocycles. The van der Waals surface area contributed by atoms with E-state index in [0.717, 1.165) is 38.8 Å². The molecule has 0 aliphatic carbocycles. The Morgan fingerprint density at radius 1 is 1.33 bits per heavy atom. The Balaban J connectivity index is 2.38. The summed E-state index contributed by atoms with van der Waals surface area (Å²) in [4.78, 5) is 2.08. The van der Waals surface area contributed by atoms with Gasteiger partial charge in [-0.25, -0.2) is 0 Å². The number of piperidine rings is 1. The van der Waals surface area contributed by atoms with Crippen molar-refractivity contribution in [2.45, 2.75) is 51.6 Å². The van der Waals surface area contributed by atoms with E-state index in [2.05, 4.69) is 11.8 Å². The molecule has 0 aromatic rings. The van der Waals surface area contributed by atoms with Crippen molar-refractivity contribution in [1.29, 1.82) is 0 Å². The molecular formula is C13H24F3NO. The third kappa shape index (κ3) is 5.14. The van der Waals surface area contributed by atoms with Crippen LogP contribution in [0.15, 0.2) is 0 Å². The molecule has 1 heterocycles. The molecule has 1 saturated heterocycles. The maximum Gasteiger partial charge on any atom is 0.389 e. The van der Waals surface area contributed by atoms with Crippen molar-refractivity contribution in [3.63, 3.8) is 0 Å². The minimum atomic E-state index is -4.05. The number of alkyl halides is 3. The van der Waals surface area contributed by atoms with Crippen LogP contribution in [-0.4, -0.2) is 42.4 Å². The molecule has 1 N–H and O–H groups in total. The van der Waals surface area contributed by atoms with Gasteiger partial charge in [-0.15, -0.1) is 0 Å². The molecule has 1 aliphatic rings. The summed E-state index contributed by atoms with van der Waals surface area (Å²) in [5.41, 5.74) is -0.0781. The maximum absolute atomic E-state index is 12.1. The lowest BCUT2D eigenvalue weighted by Crippen LogP contribution is -2.45. The molecule has 5 heteroatoms. The topological polar surface area (TPSA) is 23.5 Å². The minimum Gasteiger partial charge on any atom is -0.396 e. The summed E-state index contributed by atoms with van der Waals surface area (Å²) in [6, 6.07) is 0. The molecule has 1 aliphatic heterocycles. The summed E-state index contributed by atoms with van der Waals surface area (Å²) in [5.74, 6) is 0. The maximum atomic E-state index is 12.1. The zero-order valence-corrected chi connectivity index (χ0v) is 11.1. The largest absolute Gasteiger partial charge is 0.396 e. The third-order valence-corrected chi connectivity index (χ3v) is 3.79. The lowest BCUT2D eigenvalue weighted by Gasteiger charge is -2.42. The molecule has 1 fully saturated rings. The van der Waals surface area contributed by atoms with Gasteiger partial charge in [-0.1, -0.05) is 13.3 Å². The molecule has 18 heavy (non-hydrogen) atoms. The van der Waals surface area contributed by atoms with Crippen molar-refractivity contribution < 1.29 is 18.3 Å². The summed E-state index contributed by atoms with van der Waals surface area (Å²) >= 11 is 0. The average Bonchev–Trinajstić information content (AvgIpc) is 2.28. The highest BCUT2D eigenvalue weighted by Crippen LogP contribution is 2.34. The molecule has 0 unspecified atom stereocenters. The van der Waals surface area contributed by atoms with Crippen molar-refractivity contribution in [3.05, 3.63) is 0 Å². The average molecular weight is 267 g/mol. The second kappa shape index (κ2) is 6.75. The minimum absolute atomic E-state index is 0.0781. The fourth-order valence-electron chi connectivity index (χ4n) is 2.95. The van der Waals surface area contributed by atoms with Gasteiger partial charge in [0.25, 0.3) is 0 Å². The van der Waals surface area contributed by atoms with E-state index in [1.54, 1.807) is 0 Å². The predicted molar refractivity (Wildman–Crippen MR) is 65.4 cm³/mol. The first kappa shape index (κ1) is 15.8. The number of likely N-dealkylation sites (tertiary alicyclic amines) is 1. The lowest BCUT2D eigenvalue weighted by atomic mass is 9.77. The van der Waals surface area contributed by atoms with Crippen molar-refractivity contribution >= 4 is 0 Å². The molecule has 2 nitrogen and oxygen atoms in total. The molecule has 1 rings (SSSR count). The standard InChI is InChI=1S/C13H24F3NO/c1-2-5-12(11-18)6-3-8-17(10-12)9-4-7-13(14,15)16/h18H,2-11H2,1H3/t12-/m0/s1. The number of aliphatic hydroxyl groups is 1. The molecule has 0 radical (unpaired) electrons. The normalized spacial score (nSPS) is 26.5. The third-order valence-electron chi connectivity index (χ3n) is 3.79. The first-order valence-electron chi connectivity index (χ1n) is 6.81. The fourth-order valence-corrected chi connectivity index (χ4v) is 2.95. The van der Waals surface area contributed by atoms with Gasteiger partial charge in [0.1, 0.15) is 0 Å². The number of halogens is 3. The summed E-state index contributed by atoms with van der Waals surface area (Å²) in [5, 5.41) is 9.54. The summed E-state index contributed by atoms with van der Waals surface area (Å²) in [6.45, 7) is 4.33. The Morgan fingerprint density at radius 3 is 2.61 bits per heavy atom. The Labute approximate surface area is 107 Å². The van der Waals surface area contributed by atoms with Crippen LogP contribution in [0.25, 0.3) is 0 Å². The van der Waals surface area contributed by atoms with E-state index in [4.69, 9.17) is 0 Å². The van der Waals surface area contributed by atoms with Crippen molar-refractivity contribution in [2.75, 3.05) is 26.2 Å². The van der Waals surface area contributed by atoms with Gasteiger partial charge in [-0.05, 0) is 38.8 Å². The van der Waals surface area contributed by atoms with Crippen LogP contribution >= 0.6 is 0 Å². The zero-order chi connectivity index (χ0) is 13.6. The highest BCUT2D eigenvalue weighted by Gasteiger charge is 2.34. The Bertz CT molecular complexity index is 241. The van der Waals surface area contributed by atoms with E-state index in [1.165, 1.54) is 0 Å². The van der Waals surface area contributed by atoms with Crippen molar-refractivity contribution in [3.8, 4) is 0 Å². The van der Waals surface area contributed by atoms with Crippen molar-refractivity contribution in [1.82, 2.24) is 4.90 Å². The van der Waals surface area contributed by atoms with E-state index in [0.29, 0.717) is 6.54 Å². The molecule has 0 bridgehead atoms. The van der Waals surface area contributed by atoms with Crippen LogP contribution in [0.4, 0.5) is 13.2 Å². The molecule has 0 amide bonds. The summed E-state index contributed by atoms with van der Waals surface area (Å²) < 4.78 is 36.3. The summed E-state index contributed by atoms with van der Waals surface area (Å²) in [7, 11) is 0. The van der Waals surface area contributed by atoms with Crippen LogP contribution < -0.4 is 0 Å². The monoisotopic (exact) mass is 267 g/mol. The highest BCUT2D eigenvalue weighted by atomic mass is 19.4. The van der Waals surface area contributed by atoms with E-state index < -0.39 is 12.6 Å². The highest BCUT2D eigenvalue weighted by molar-refractivity contribution is 4.86. The van der Waals surface area contributed by atoms with E-state index in [1.807, 2.05) is 0 Å². The number of hydrogen-bond donors (Lipinski definition) is 1. The van der Waals surface area contributed by atoms with Gasteiger partial charge in [0.2, 0.25) is 0 Å². The van der Waals surface area contributed by atoms with Gasteiger partial charge in [0.05, 0.1) is 0 Å². The molecule has 1 atom stereocenters. The van der Waals surface area contributed by atoms with Gasteiger partial charge < -0.3 is 10.0 Å². The number of rotatable bonds is 6. The van der Waals surface area contributed by atoms with Gasteiger partial charge >= 0.3 is 6.18 Å². The van der Waals surface area contributed by atoms with Crippen LogP contribution in [0.1, 0.15) is 45.4 Å². The van der Waals surface area contributed by atoms with Gasteiger partial charge in [-0.3, -0.25) is 0 Å². The van der Waals surface area contributed by atoms with Crippen LogP contribution in [-0.2, 0) is 0 Å². The fraction of sp³-hybridized carbons (Fsp3) is 1.00. The number of hydrogen-bond acceptors (Lipinski definition) is 2. The van der Waals surface area contributed by atoms with E-state index in [-0.39, 0.29) is 18.4 Å². The van der Waals surface area contributed by atoms with E-state index >= 15 is 0 Å². The number of nitrogens with zero attached hydrogens (tertiary/aromatic N) is 1. The van der Waals surface area contributed by atoms with Crippen LogP contribution in [0.2, 0.25) is 0 Å². The van der Waals surface area contributed by atoms with Gasteiger partial charge in [0.15, 0.2) is 0 Å². The van der Waals surface area contributed by atoms with Crippen molar-refractivity contribution in [2.24, 2.45) is 5.41 Å². The molecule has 0 aromatic heterocycles. The first-order chi connectivity index (χ1) is 8.41. The van der Waals surface area contributed by atoms with Gasteiger partial charge in [-0.2, -0.15) is 13.2 Å². The molecule has 108 valence electrons. The lowest BCUT2D eigenvalue weighted by molar-refractivity contribution is -0.136. The zero-order valence-electron chi connectivity index (χ0n) is 11.1. The van der Waals surface area contributed by atoms with Gasteiger partial charge in [0, 0.05) is 25.0 Å². The van der Waals surface area contributed by atoms with Crippen LogP contribution in [0.3, 0.4) is 0 Å². The first-order valence-corrected chi connectivity index (χ1v) is 6.81. The Morgan fingerprint density at radius 2 is 2.06 bits per heavy atom. The Kier molecular flexibility index (Phi) is 5.92. The molecule has 0 aromatic carbocycles. The quantitative estimate of drug-likeness (QED) is 0.799. The second-order valence-electron chi connectivity index (χ2n) is 5.51. The summed E-state index contributed by atoms with van der Waals surface area (Å²) in [6.07, 6.45) is -0.649. The molecular weight excluding hydrogens is 243 g/mol. The second-order valence-corrected chi connectivity index (χ2v) is 5.51. The van der Waals surface area contributed by atoms with Crippen LogP contribution in [0.5, 0.6) is 0 Å². The van der Waals surface area contributed by atoms with E-state index in [9.17, 15) is 18.3 Å². The predicted octanol–water partition coefficient (Wildman–Crippen LogP) is 3.20. The SMILES string of the molecule is CCC[C@]1(CO)CCCN(CCCC(F)(F)F)C1.